The molecule has 1 aliphatic heterocycles. The summed E-state index contributed by atoms with van der Waals surface area (Å²) in [6.45, 7) is 1.53. The Balaban J connectivity index is 1.55. The first-order chi connectivity index (χ1) is 13.4. The number of benzene rings is 2. The third kappa shape index (κ3) is 5.04. The molecule has 1 heterocycles. The number of hydrogen-bond donors (Lipinski definition) is 1. The van der Waals surface area contributed by atoms with Gasteiger partial charge in [0, 0.05) is 30.3 Å². The van der Waals surface area contributed by atoms with E-state index >= 15 is 0 Å². The molecule has 2 aromatic carbocycles. The molecule has 3 rings (SSSR count). The van der Waals surface area contributed by atoms with Gasteiger partial charge in [-0.15, -0.1) is 0 Å². The molecule has 150 valence electrons. The second-order valence-corrected chi connectivity index (χ2v) is 9.20. The van der Waals surface area contributed by atoms with E-state index in [-0.39, 0.29) is 6.54 Å². The molecule has 0 aromatic heterocycles. The first-order valence-corrected chi connectivity index (χ1v) is 11.0. The number of piperidine rings is 1. The number of anilines is 1. The quantitative estimate of drug-likeness (QED) is 0.723. The molecule has 0 atom stereocenters. The summed E-state index contributed by atoms with van der Waals surface area (Å²) in [5.41, 5.74) is 2.23. The highest BCUT2D eigenvalue weighted by atomic mass is 35.5. The van der Waals surface area contributed by atoms with E-state index in [0.29, 0.717) is 36.5 Å². The van der Waals surface area contributed by atoms with Crippen molar-refractivity contribution in [2.24, 2.45) is 0 Å². The van der Waals surface area contributed by atoms with Gasteiger partial charge in [-0.1, -0.05) is 29.8 Å². The fraction of sp³-hybridized carbons (Fsp3) is 0.350. The Morgan fingerprint density at radius 2 is 1.86 bits per heavy atom. The second kappa shape index (κ2) is 8.94. The average molecular weight is 423 g/mol. The number of rotatable bonds is 6. The van der Waals surface area contributed by atoms with Gasteiger partial charge in [0.1, 0.15) is 0 Å². The largest absolute Gasteiger partial charge is 0.465 e. The van der Waals surface area contributed by atoms with Crippen LogP contribution in [0, 0.1) is 0 Å². The standard InChI is InChI=1S/C20H23ClN2O4S/c1-27-20(24)16-7-5-15(6-8-16)14-22-28(25,26)19-9-11-23(12-10-19)18-4-2-3-17(21)13-18/h2-8,13,19,22H,9-12,14H2,1H3. The number of nitrogens with one attached hydrogen (secondary N) is 1. The number of carbonyl (C=O) groups excluding carboxylic acids is 1. The van der Waals surface area contributed by atoms with Crippen LogP contribution >= 0.6 is 11.6 Å². The van der Waals surface area contributed by atoms with Crippen molar-refractivity contribution in [3.63, 3.8) is 0 Å². The number of ether oxygens (including phenoxy) is 1. The third-order valence-electron chi connectivity index (χ3n) is 4.91. The molecule has 0 aliphatic carbocycles. The molecule has 0 bridgehead atoms. The summed E-state index contributed by atoms with van der Waals surface area (Å²) in [4.78, 5) is 13.6. The fourth-order valence-electron chi connectivity index (χ4n) is 3.28. The van der Waals surface area contributed by atoms with Gasteiger partial charge in [-0.25, -0.2) is 17.9 Å². The second-order valence-electron chi connectivity index (χ2n) is 6.72. The Labute approximate surface area is 170 Å². The zero-order valence-electron chi connectivity index (χ0n) is 15.6. The van der Waals surface area contributed by atoms with Gasteiger partial charge in [-0.05, 0) is 48.7 Å². The summed E-state index contributed by atoms with van der Waals surface area (Å²) >= 11 is 6.04. The zero-order valence-corrected chi connectivity index (χ0v) is 17.2. The van der Waals surface area contributed by atoms with Gasteiger partial charge in [0.15, 0.2) is 0 Å². The minimum absolute atomic E-state index is 0.193. The maximum absolute atomic E-state index is 12.7. The van der Waals surface area contributed by atoms with E-state index in [4.69, 9.17) is 11.6 Å². The Kier molecular flexibility index (Phi) is 6.59. The summed E-state index contributed by atoms with van der Waals surface area (Å²) in [5.74, 6) is -0.418. The maximum atomic E-state index is 12.7. The van der Waals surface area contributed by atoms with Crippen LogP contribution < -0.4 is 9.62 Å². The smallest absolute Gasteiger partial charge is 0.337 e. The van der Waals surface area contributed by atoms with Crippen LogP contribution in [-0.2, 0) is 21.3 Å². The summed E-state index contributed by atoms with van der Waals surface area (Å²) in [6.07, 6.45) is 1.12. The highest BCUT2D eigenvalue weighted by Crippen LogP contribution is 2.25. The molecular formula is C20H23ClN2O4S. The minimum atomic E-state index is -3.42. The van der Waals surface area contributed by atoms with Gasteiger partial charge in [-0.2, -0.15) is 0 Å². The normalized spacial score (nSPS) is 15.4. The van der Waals surface area contributed by atoms with Crippen molar-refractivity contribution in [3.8, 4) is 0 Å². The Bertz CT molecular complexity index is 923. The Hall–Kier alpha value is -2.09. The van der Waals surface area contributed by atoms with Crippen molar-refractivity contribution in [3.05, 3.63) is 64.7 Å². The van der Waals surface area contributed by atoms with E-state index in [1.54, 1.807) is 24.3 Å². The van der Waals surface area contributed by atoms with Crippen LogP contribution in [0.1, 0.15) is 28.8 Å². The number of halogens is 1. The molecule has 1 aliphatic rings. The van der Waals surface area contributed by atoms with Gasteiger partial charge >= 0.3 is 5.97 Å². The van der Waals surface area contributed by atoms with Crippen molar-refractivity contribution >= 4 is 33.3 Å². The molecule has 0 amide bonds. The van der Waals surface area contributed by atoms with Crippen LogP contribution in [0.5, 0.6) is 0 Å². The van der Waals surface area contributed by atoms with E-state index in [0.717, 1.165) is 11.3 Å². The highest BCUT2D eigenvalue weighted by molar-refractivity contribution is 7.90. The SMILES string of the molecule is COC(=O)c1ccc(CNS(=O)(=O)C2CCN(c3cccc(Cl)c3)CC2)cc1. The lowest BCUT2D eigenvalue weighted by Gasteiger charge is -2.33. The van der Waals surface area contributed by atoms with Crippen molar-refractivity contribution in [2.75, 3.05) is 25.1 Å². The zero-order chi connectivity index (χ0) is 20.1. The maximum Gasteiger partial charge on any atom is 0.337 e. The monoisotopic (exact) mass is 422 g/mol. The predicted molar refractivity (Wildman–Crippen MR) is 110 cm³/mol. The van der Waals surface area contributed by atoms with Crippen molar-refractivity contribution in [1.82, 2.24) is 4.72 Å². The lowest BCUT2D eigenvalue weighted by atomic mass is 10.1. The summed E-state index contributed by atoms with van der Waals surface area (Å²) in [5, 5.41) is 0.254. The number of sulfonamides is 1. The number of esters is 1. The molecule has 28 heavy (non-hydrogen) atoms. The molecular weight excluding hydrogens is 400 g/mol. The van der Waals surface area contributed by atoms with Gasteiger partial charge < -0.3 is 9.64 Å². The van der Waals surface area contributed by atoms with Gasteiger partial charge in [0.2, 0.25) is 10.0 Å². The van der Waals surface area contributed by atoms with Crippen LogP contribution in [0.2, 0.25) is 5.02 Å². The van der Waals surface area contributed by atoms with Crippen LogP contribution in [-0.4, -0.2) is 39.8 Å². The summed E-state index contributed by atoms with van der Waals surface area (Å²) in [6, 6.07) is 14.3. The number of carbonyl (C=O) groups is 1. The molecule has 0 spiro atoms. The topological polar surface area (TPSA) is 75.7 Å². The van der Waals surface area contributed by atoms with E-state index in [1.165, 1.54) is 7.11 Å². The van der Waals surface area contributed by atoms with Crippen LogP contribution in [0.3, 0.4) is 0 Å². The Morgan fingerprint density at radius 1 is 1.18 bits per heavy atom. The minimum Gasteiger partial charge on any atom is -0.465 e. The molecule has 0 unspecified atom stereocenters. The van der Waals surface area contributed by atoms with Crippen LogP contribution in [0.15, 0.2) is 48.5 Å². The van der Waals surface area contributed by atoms with Crippen molar-refractivity contribution in [1.29, 1.82) is 0 Å². The van der Waals surface area contributed by atoms with Crippen molar-refractivity contribution in [2.45, 2.75) is 24.6 Å². The van der Waals surface area contributed by atoms with E-state index in [1.807, 2.05) is 24.3 Å². The van der Waals surface area contributed by atoms with E-state index in [9.17, 15) is 13.2 Å². The van der Waals surface area contributed by atoms with Gasteiger partial charge in [0.25, 0.3) is 0 Å². The lowest BCUT2D eigenvalue weighted by Crippen LogP contribution is -2.43. The molecule has 8 heteroatoms. The van der Waals surface area contributed by atoms with Crippen LogP contribution in [0.25, 0.3) is 0 Å². The number of nitrogens with zero attached hydrogens (tertiary/aromatic N) is 1. The molecule has 2 aromatic rings. The summed E-state index contributed by atoms with van der Waals surface area (Å²) < 4.78 is 32.6. The summed E-state index contributed by atoms with van der Waals surface area (Å²) in [7, 11) is -2.10. The van der Waals surface area contributed by atoms with E-state index < -0.39 is 21.2 Å². The molecule has 1 fully saturated rings. The molecule has 1 saturated heterocycles. The molecule has 0 radical (unpaired) electrons. The number of hydrogen-bond acceptors (Lipinski definition) is 5. The first-order valence-electron chi connectivity index (χ1n) is 9.05. The van der Waals surface area contributed by atoms with Crippen molar-refractivity contribution < 1.29 is 17.9 Å². The number of methoxy groups -OCH3 is 1. The molecule has 1 N–H and O–H groups in total. The van der Waals surface area contributed by atoms with Crippen LogP contribution in [0.4, 0.5) is 5.69 Å². The highest BCUT2D eigenvalue weighted by Gasteiger charge is 2.29. The van der Waals surface area contributed by atoms with Gasteiger partial charge in [0.05, 0.1) is 17.9 Å². The first kappa shape index (κ1) is 20.6. The third-order valence-corrected chi connectivity index (χ3v) is 7.04. The predicted octanol–water partition coefficient (Wildman–Crippen LogP) is 3.22. The molecule has 6 nitrogen and oxygen atoms in total. The lowest BCUT2D eigenvalue weighted by molar-refractivity contribution is 0.0600. The molecule has 0 saturated carbocycles. The fourth-order valence-corrected chi connectivity index (χ4v) is 4.89. The van der Waals surface area contributed by atoms with E-state index in [2.05, 4.69) is 14.4 Å². The Morgan fingerprint density at radius 3 is 2.46 bits per heavy atom. The van der Waals surface area contributed by atoms with Gasteiger partial charge in [-0.3, -0.25) is 0 Å². The average Bonchev–Trinajstić information content (AvgIpc) is 2.72.